The maximum atomic E-state index is 12.9. The van der Waals surface area contributed by atoms with Crippen LogP contribution in [-0.2, 0) is 15.0 Å². The smallest absolute Gasteiger partial charge is 0.282 e. The van der Waals surface area contributed by atoms with Crippen molar-refractivity contribution in [1.82, 2.24) is 13.5 Å². The summed E-state index contributed by atoms with van der Waals surface area (Å²) >= 11 is 6.08. The first-order chi connectivity index (χ1) is 14.6. The molecule has 174 valence electrons. The lowest BCUT2D eigenvalue weighted by Gasteiger charge is -2.38. The molecule has 2 saturated heterocycles. The normalized spacial score (nSPS) is 20.2. The van der Waals surface area contributed by atoms with E-state index in [1.54, 1.807) is 26.8 Å². The van der Waals surface area contributed by atoms with E-state index in [-0.39, 0.29) is 18.6 Å². The van der Waals surface area contributed by atoms with Gasteiger partial charge in [-0.3, -0.25) is 9.69 Å². The molecule has 2 aliphatic heterocycles. The van der Waals surface area contributed by atoms with Gasteiger partial charge in [0.2, 0.25) is 5.91 Å². The monoisotopic (exact) mass is 472 g/mol. The van der Waals surface area contributed by atoms with Gasteiger partial charge in [0.1, 0.15) is 5.75 Å². The molecule has 0 unspecified atom stereocenters. The van der Waals surface area contributed by atoms with Gasteiger partial charge in [0.25, 0.3) is 10.2 Å². The molecule has 0 atom stereocenters. The second kappa shape index (κ2) is 10.5. The summed E-state index contributed by atoms with van der Waals surface area (Å²) in [5, 5.41) is 3.38. The molecule has 8 nitrogen and oxygen atoms in total. The van der Waals surface area contributed by atoms with Crippen LogP contribution >= 0.6 is 11.6 Å². The number of nitrogens with zero attached hydrogens (tertiary/aromatic N) is 3. The summed E-state index contributed by atoms with van der Waals surface area (Å²) in [6.07, 6.45) is 1.78. The molecule has 1 N–H and O–H groups in total. The van der Waals surface area contributed by atoms with E-state index in [0.29, 0.717) is 61.6 Å². The summed E-state index contributed by atoms with van der Waals surface area (Å²) in [5.41, 5.74) is 0.534. The maximum absolute atomic E-state index is 12.9. The van der Waals surface area contributed by atoms with Crippen LogP contribution in [0.25, 0.3) is 0 Å². The van der Waals surface area contributed by atoms with Gasteiger partial charge < -0.3 is 10.1 Å². The van der Waals surface area contributed by atoms with E-state index in [4.69, 9.17) is 16.3 Å². The average Bonchev–Trinajstić information content (AvgIpc) is 2.70. The number of anilines is 1. The first kappa shape index (κ1) is 24.3. The number of rotatable bonds is 7. The molecule has 2 heterocycles. The molecule has 0 aliphatic carbocycles. The fourth-order valence-electron chi connectivity index (χ4n) is 3.85. The van der Waals surface area contributed by atoms with Crippen LogP contribution in [0.3, 0.4) is 0 Å². The number of hydrogen-bond donors (Lipinski definition) is 1. The quantitative estimate of drug-likeness (QED) is 0.659. The van der Waals surface area contributed by atoms with Crippen molar-refractivity contribution < 1.29 is 17.9 Å². The Morgan fingerprint density at radius 3 is 2.35 bits per heavy atom. The Morgan fingerprint density at radius 2 is 1.74 bits per heavy atom. The van der Waals surface area contributed by atoms with Gasteiger partial charge in [-0.25, -0.2) is 0 Å². The summed E-state index contributed by atoms with van der Waals surface area (Å²) in [7, 11) is -3.42. The highest BCUT2D eigenvalue weighted by atomic mass is 35.5. The van der Waals surface area contributed by atoms with E-state index < -0.39 is 10.2 Å². The highest BCUT2D eigenvalue weighted by molar-refractivity contribution is 7.86. The zero-order chi connectivity index (χ0) is 22.6. The van der Waals surface area contributed by atoms with E-state index in [1.165, 1.54) is 0 Å². The number of amides is 1. The first-order valence-electron chi connectivity index (χ1n) is 10.9. The van der Waals surface area contributed by atoms with Crippen LogP contribution in [-0.4, -0.2) is 79.8 Å². The van der Waals surface area contributed by atoms with Gasteiger partial charge in [-0.05, 0) is 50.8 Å². The maximum Gasteiger partial charge on any atom is 0.282 e. The first-order valence-corrected chi connectivity index (χ1v) is 12.7. The van der Waals surface area contributed by atoms with E-state index in [9.17, 15) is 13.2 Å². The summed E-state index contributed by atoms with van der Waals surface area (Å²) in [5.74, 6) is 0.962. The van der Waals surface area contributed by atoms with Crippen LogP contribution in [0.1, 0.15) is 33.6 Å². The zero-order valence-electron chi connectivity index (χ0n) is 18.5. The van der Waals surface area contributed by atoms with Crippen molar-refractivity contribution in [2.45, 2.75) is 39.7 Å². The number of piperidine rings is 1. The van der Waals surface area contributed by atoms with Crippen LogP contribution < -0.4 is 10.1 Å². The number of halogens is 1. The highest BCUT2D eigenvalue weighted by Gasteiger charge is 2.34. The minimum Gasteiger partial charge on any atom is -0.489 e. The van der Waals surface area contributed by atoms with Crippen molar-refractivity contribution in [3.8, 4) is 5.75 Å². The standard InChI is InChI=1S/C21H33ClN4O4S/c1-16(2)30-20-5-4-18(22)14-19(20)23-21(27)15-24-10-12-26(13-11-24)31(28,29)25-8-6-17(3)7-9-25/h4-5,14,16-17H,6-13,15H2,1-3H3,(H,23,27). The van der Waals surface area contributed by atoms with Crippen LogP contribution in [0.2, 0.25) is 5.02 Å². The molecule has 0 saturated carbocycles. The summed E-state index contributed by atoms with van der Waals surface area (Å²) in [4.78, 5) is 14.6. The lowest BCUT2D eigenvalue weighted by atomic mass is 10.0. The van der Waals surface area contributed by atoms with Crippen molar-refractivity contribution >= 4 is 33.4 Å². The number of piperazine rings is 1. The molecule has 0 spiro atoms. The second-order valence-corrected chi connectivity index (χ2v) is 11.0. The van der Waals surface area contributed by atoms with E-state index in [2.05, 4.69) is 12.2 Å². The molecule has 3 rings (SSSR count). The number of carbonyl (C=O) groups excluding carboxylic acids is 1. The molecule has 0 radical (unpaired) electrons. The topological polar surface area (TPSA) is 82.2 Å². The largest absolute Gasteiger partial charge is 0.489 e. The SMILES string of the molecule is CC1CCN(S(=O)(=O)N2CCN(CC(=O)Nc3cc(Cl)ccc3OC(C)C)CC2)CC1. The number of nitrogens with one attached hydrogen (secondary N) is 1. The molecule has 0 aromatic heterocycles. The van der Waals surface area contributed by atoms with Crippen molar-refractivity contribution in [3.05, 3.63) is 23.2 Å². The zero-order valence-corrected chi connectivity index (χ0v) is 20.1. The number of carbonyl (C=O) groups is 1. The van der Waals surface area contributed by atoms with Crippen molar-refractivity contribution in [3.63, 3.8) is 0 Å². The Bertz CT molecular complexity index is 864. The van der Waals surface area contributed by atoms with Gasteiger partial charge >= 0.3 is 0 Å². The summed E-state index contributed by atoms with van der Waals surface area (Å²) < 4.78 is 34.7. The van der Waals surface area contributed by atoms with Crippen LogP contribution in [0, 0.1) is 5.92 Å². The van der Waals surface area contributed by atoms with E-state index in [0.717, 1.165) is 12.8 Å². The lowest BCUT2D eigenvalue weighted by Crippen LogP contribution is -2.55. The molecule has 2 fully saturated rings. The van der Waals surface area contributed by atoms with Crippen LogP contribution in [0.15, 0.2) is 18.2 Å². The van der Waals surface area contributed by atoms with Gasteiger partial charge in [0, 0.05) is 44.3 Å². The average molecular weight is 473 g/mol. The van der Waals surface area contributed by atoms with Crippen molar-refractivity contribution in [2.24, 2.45) is 5.92 Å². The van der Waals surface area contributed by atoms with Gasteiger partial charge in [-0.2, -0.15) is 17.0 Å². The Morgan fingerprint density at radius 1 is 1.13 bits per heavy atom. The Labute approximate surface area is 190 Å². The molecule has 10 heteroatoms. The van der Waals surface area contributed by atoms with Gasteiger partial charge in [-0.15, -0.1) is 0 Å². The summed E-state index contributed by atoms with van der Waals surface area (Å²) in [6.45, 7) is 9.16. The molecule has 31 heavy (non-hydrogen) atoms. The Hall–Kier alpha value is -1.39. The number of ether oxygens (including phenoxy) is 1. The molecular formula is C21H33ClN4O4S. The molecule has 1 amide bonds. The Kier molecular flexibility index (Phi) is 8.20. The van der Waals surface area contributed by atoms with E-state index >= 15 is 0 Å². The molecule has 1 aromatic rings. The third-order valence-corrected chi connectivity index (χ3v) is 7.94. The fraction of sp³-hybridized carbons (Fsp3) is 0.667. The van der Waals surface area contributed by atoms with Crippen LogP contribution in [0.5, 0.6) is 5.75 Å². The fourth-order valence-corrected chi connectivity index (χ4v) is 5.64. The van der Waals surface area contributed by atoms with Crippen molar-refractivity contribution in [1.29, 1.82) is 0 Å². The molecular weight excluding hydrogens is 440 g/mol. The minimum absolute atomic E-state index is 0.0324. The molecule has 2 aliphatic rings. The minimum atomic E-state index is -3.42. The predicted octanol–water partition coefficient (Wildman–Crippen LogP) is 2.66. The van der Waals surface area contributed by atoms with Gasteiger partial charge in [0.15, 0.2) is 0 Å². The molecule has 1 aromatic carbocycles. The predicted molar refractivity (Wildman–Crippen MR) is 123 cm³/mol. The molecule has 0 bridgehead atoms. The second-order valence-electron chi connectivity index (χ2n) is 8.62. The number of benzene rings is 1. The van der Waals surface area contributed by atoms with Gasteiger partial charge in [-0.1, -0.05) is 18.5 Å². The van der Waals surface area contributed by atoms with E-state index in [1.807, 2.05) is 18.7 Å². The van der Waals surface area contributed by atoms with Crippen molar-refractivity contribution in [2.75, 3.05) is 51.1 Å². The third-order valence-electron chi connectivity index (χ3n) is 5.67. The third kappa shape index (κ3) is 6.55. The number of hydrogen-bond acceptors (Lipinski definition) is 5. The lowest BCUT2D eigenvalue weighted by molar-refractivity contribution is -0.117. The highest BCUT2D eigenvalue weighted by Crippen LogP contribution is 2.29. The summed E-state index contributed by atoms with van der Waals surface area (Å²) in [6, 6.07) is 5.13. The van der Waals surface area contributed by atoms with Crippen LogP contribution in [0.4, 0.5) is 5.69 Å². The Balaban J connectivity index is 1.52. The van der Waals surface area contributed by atoms with Gasteiger partial charge in [0.05, 0.1) is 18.3 Å².